The number of nitrogen functional groups attached to an aromatic ring is 1. The molecule has 0 spiro atoms. The molecule has 1 saturated carbocycles. The van der Waals surface area contributed by atoms with Crippen LogP contribution in [0.15, 0.2) is 5.38 Å². The number of fused-ring (bicyclic) bond motifs is 3. The van der Waals surface area contributed by atoms with E-state index in [4.69, 9.17) is 5.73 Å². The first-order valence-corrected chi connectivity index (χ1v) is 5.83. The molecule has 2 aliphatic rings. The summed E-state index contributed by atoms with van der Waals surface area (Å²) >= 11 is 1.49. The van der Waals surface area contributed by atoms with Gasteiger partial charge in [-0.15, -0.1) is 11.3 Å². The summed E-state index contributed by atoms with van der Waals surface area (Å²) in [4.78, 5) is 11.7. The number of nitrogens with two attached hydrogens (primary N) is 1. The third-order valence-electron chi connectivity index (χ3n) is 3.31. The average Bonchev–Trinajstić information content (AvgIpc) is 2.71. The molecule has 1 aliphatic carbocycles. The number of anilines is 1. The van der Waals surface area contributed by atoms with E-state index in [-0.39, 0.29) is 5.91 Å². The first-order chi connectivity index (χ1) is 6.77. The van der Waals surface area contributed by atoms with Crippen molar-refractivity contribution in [3.05, 3.63) is 16.5 Å². The highest BCUT2D eigenvalue weighted by Gasteiger charge is 2.38. The Morgan fingerprint density at radius 3 is 3.21 bits per heavy atom. The summed E-state index contributed by atoms with van der Waals surface area (Å²) in [5, 5.41) is 5.78. The van der Waals surface area contributed by atoms with Gasteiger partial charge in [-0.3, -0.25) is 4.79 Å². The Balaban J connectivity index is 2.15. The van der Waals surface area contributed by atoms with E-state index in [0.29, 0.717) is 17.0 Å². The molecule has 1 fully saturated rings. The van der Waals surface area contributed by atoms with Gasteiger partial charge in [0, 0.05) is 12.0 Å². The quantitative estimate of drug-likeness (QED) is 0.682. The number of carbonyl (C=O) groups is 1. The van der Waals surface area contributed by atoms with Crippen LogP contribution in [-0.4, -0.2) is 11.9 Å². The van der Waals surface area contributed by atoms with Crippen LogP contribution in [0.2, 0.25) is 0 Å². The van der Waals surface area contributed by atoms with Crippen molar-refractivity contribution in [2.75, 3.05) is 5.73 Å². The molecule has 1 amide bonds. The number of thiophene rings is 1. The van der Waals surface area contributed by atoms with Crippen molar-refractivity contribution in [1.82, 2.24) is 5.32 Å². The number of hydrogen-bond acceptors (Lipinski definition) is 3. The second-order valence-electron chi connectivity index (χ2n) is 4.05. The first-order valence-electron chi connectivity index (χ1n) is 4.95. The van der Waals surface area contributed by atoms with Crippen molar-refractivity contribution in [2.45, 2.75) is 31.2 Å². The van der Waals surface area contributed by atoms with Gasteiger partial charge in [-0.05, 0) is 23.8 Å². The maximum Gasteiger partial charge on any atom is 0.254 e. The molecule has 0 aromatic carbocycles. The smallest absolute Gasteiger partial charge is 0.254 e. The van der Waals surface area contributed by atoms with Crippen LogP contribution in [-0.2, 0) is 0 Å². The number of rotatable bonds is 0. The van der Waals surface area contributed by atoms with E-state index in [1.54, 1.807) is 0 Å². The fourth-order valence-electron chi connectivity index (χ4n) is 2.65. The van der Waals surface area contributed by atoms with Crippen molar-refractivity contribution in [3.8, 4) is 0 Å². The van der Waals surface area contributed by atoms with Gasteiger partial charge in [-0.1, -0.05) is 6.42 Å². The van der Waals surface area contributed by atoms with Gasteiger partial charge in [-0.25, -0.2) is 0 Å². The topological polar surface area (TPSA) is 55.1 Å². The molecule has 1 aromatic rings. The molecule has 2 unspecified atom stereocenters. The second kappa shape index (κ2) is 2.73. The maximum atomic E-state index is 11.7. The van der Waals surface area contributed by atoms with Crippen LogP contribution in [0.5, 0.6) is 0 Å². The Labute approximate surface area is 86.3 Å². The predicted molar refractivity (Wildman–Crippen MR) is 56.6 cm³/mol. The summed E-state index contributed by atoms with van der Waals surface area (Å²) in [6.07, 6.45) is 3.52. The molecule has 1 aliphatic heterocycles. The lowest BCUT2D eigenvalue weighted by Gasteiger charge is -2.26. The molecule has 0 radical (unpaired) electrons. The van der Waals surface area contributed by atoms with Gasteiger partial charge in [0.25, 0.3) is 5.91 Å². The van der Waals surface area contributed by atoms with E-state index in [1.807, 2.05) is 0 Å². The third-order valence-corrected chi connectivity index (χ3v) is 4.14. The standard InChI is InChI=1S/C10H12N2OS/c11-9-8-6(4-14-9)5-2-1-3-7(5)12-10(8)13/h4-5,7H,1-3,11H2,(H,12,13). The highest BCUT2D eigenvalue weighted by molar-refractivity contribution is 7.14. The molecular weight excluding hydrogens is 196 g/mol. The zero-order valence-corrected chi connectivity index (χ0v) is 8.56. The fourth-order valence-corrected chi connectivity index (χ4v) is 3.52. The first kappa shape index (κ1) is 8.29. The average molecular weight is 208 g/mol. The number of carbonyl (C=O) groups excluding carboxylic acids is 1. The van der Waals surface area contributed by atoms with Crippen LogP contribution in [0.1, 0.15) is 41.1 Å². The Hall–Kier alpha value is -1.03. The van der Waals surface area contributed by atoms with Crippen molar-refractivity contribution < 1.29 is 4.79 Å². The van der Waals surface area contributed by atoms with Crippen LogP contribution < -0.4 is 11.1 Å². The summed E-state index contributed by atoms with van der Waals surface area (Å²) < 4.78 is 0. The lowest BCUT2D eigenvalue weighted by molar-refractivity contribution is 0.0922. The van der Waals surface area contributed by atoms with E-state index < -0.39 is 0 Å². The number of amides is 1. The summed E-state index contributed by atoms with van der Waals surface area (Å²) in [6, 6.07) is 0.365. The SMILES string of the molecule is Nc1scc2c1C(=O)NC1CCCC21. The Morgan fingerprint density at radius 2 is 2.36 bits per heavy atom. The number of hydrogen-bond donors (Lipinski definition) is 2. The largest absolute Gasteiger partial charge is 0.390 e. The Morgan fingerprint density at radius 1 is 1.50 bits per heavy atom. The molecule has 4 heteroatoms. The molecule has 2 atom stereocenters. The van der Waals surface area contributed by atoms with E-state index in [0.717, 1.165) is 12.0 Å². The summed E-state index contributed by atoms with van der Waals surface area (Å²) in [5.41, 5.74) is 7.73. The van der Waals surface area contributed by atoms with Crippen LogP contribution in [0.4, 0.5) is 5.00 Å². The highest BCUT2D eigenvalue weighted by atomic mass is 32.1. The molecule has 74 valence electrons. The van der Waals surface area contributed by atoms with Gasteiger partial charge < -0.3 is 11.1 Å². The molecule has 1 aromatic heterocycles. The van der Waals surface area contributed by atoms with Gasteiger partial charge in [0.2, 0.25) is 0 Å². The van der Waals surface area contributed by atoms with Gasteiger partial charge >= 0.3 is 0 Å². The van der Waals surface area contributed by atoms with E-state index in [9.17, 15) is 4.79 Å². The van der Waals surface area contributed by atoms with Crippen molar-refractivity contribution >= 4 is 22.2 Å². The summed E-state index contributed by atoms with van der Waals surface area (Å²) in [6.45, 7) is 0. The highest BCUT2D eigenvalue weighted by Crippen LogP contribution is 2.43. The molecular formula is C10H12N2OS. The molecule has 3 nitrogen and oxygen atoms in total. The van der Waals surface area contributed by atoms with E-state index in [2.05, 4.69) is 10.7 Å². The molecule has 2 heterocycles. The van der Waals surface area contributed by atoms with Crippen LogP contribution in [0.3, 0.4) is 0 Å². The summed E-state index contributed by atoms with van der Waals surface area (Å²) in [5.74, 6) is 0.554. The van der Waals surface area contributed by atoms with Crippen LogP contribution in [0.25, 0.3) is 0 Å². The van der Waals surface area contributed by atoms with Gasteiger partial charge in [-0.2, -0.15) is 0 Å². The zero-order chi connectivity index (χ0) is 9.71. The van der Waals surface area contributed by atoms with Crippen molar-refractivity contribution in [3.63, 3.8) is 0 Å². The van der Waals surface area contributed by atoms with Gasteiger partial charge in [0.1, 0.15) is 0 Å². The molecule has 3 N–H and O–H groups in total. The Bertz CT molecular complexity index is 399. The zero-order valence-electron chi connectivity index (χ0n) is 7.75. The normalized spacial score (nSPS) is 29.6. The van der Waals surface area contributed by atoms with Gasteiger partial charge in [0.05, 0.1) is 10.6 Å². The third kappa shape index (κ3) is 0.945. The maximum absolute atomic E-state index is 11.7. The Kier molecular flexibility index (Phi) is 1.62. The van der Waals surface area contributed by atoms with Gasteiger partial charge in [0.15, 0.2) is 0 Å². The lowest BCUT2D eigenvalue weighted by Crippen LogP contribution is -2.41. The summed E-state index contributed by atoms with van der Waals surface area (Å²) in [7, 11) is 0. The minimum atomic E-state index is 0.0295. The minimum Gasteiger partial charge on any atom is -0.390 e. The lowest BCUT2D eigenvalue weighted by atomic mass is 9.89. The van der Waals surface area contributed by atoms with Crippen LogP contribution in [0, 0.1) is 0 Å². The van der Waals surface area contributed by atoms with Crippen molar-refractivity contribution in [1.29, 1.82) is 0 Å². The van der Waals surface area contributed by atoms with Crippen LogP contribution >= 0.6 is 11.3 Å². The van der Waals surface area contributed by atoms with Crippen molar-refractivity contribution in [2.24, 2.45) is 0 Å². The molecule has 14 heavy (non-hydrogen) atoms. The van der Waals surface area contributed by atoms with E-state index in [1.165, 1.54) is 29.7 Å². The minimum absolute atomic E-state index is 0.0295. The number of nitrogens with one attached hydrogen (secondary N) is 1. The second-order valence-corrected chi connectivity index (χ2v) is 4.96. The molecule has 3 rings (SSSR count). The fraction of sp³-hybridized carbons (Fsp3) is 0.500. The van der Waals surface area contributed by atoms with E-state index >= 15 is 0 Å². The predicted octanol–water partition coefficient (Wildman–Crippen LogP) is 1.71. The monoisotopic (exact) mass is 208 g/mol. The molecule has 0 bridgehead atoms. The molecule has 0 saturated heterocycles.